The van der Waals surface area contributed by atoms with Crippen molar-refractivity contribution in [2.45, 2.75) is 36.9 Å². The second-order valence-electron chi connectivity index (χ2n) is 8.49. The van der Waals surface area contributed by atoms with Crippen LogP contribution in [-0.4, -0.2) is 58.3 Å². The lowest BCUT2D eigenvalue weighted by Gasteiger charge is -2.20. The molecule has 1 aliphatic heterocycles. The molecule has 0 saturated carbocycles. The van der Waals surface area contributed by atoms with Crippen LogP contribution in [0.25, 0.3) is 0 Å². The van der Waals surface area contributed by atoms with Crippen LogP contribution in [-0.2, 0) is 28.8 Å². The molecule has 4 rings (SSSR count). The fraction of sp³-hybridized carbons (Fsp3) is 0.346. The lowest BCUT2D eigenvalue weighted by Crippen LogP contribution is -2.23. The summed E-state index contributed by atoms with van der Waals surface area (Å²) in [6.45, 7) is 0.889. The number of hydrogen-bond acceptors (Lipinski definition) is 9. The summed E-state index contributed by atoms with van der Waals surface area (Å²) in [4.78, 5) is 39.0. The van der Waals surface area contributed by atoms with Gasteiger partial charge in [0, 0.05) is 25.5 Å². The van der Waals surface area contributed by atoms with E-state index in [-0.39, 0.29) is 57.6 Å². The molecule has 1 saturated heterocycles. The van der Waals surface area contributed by atoms with E-state index in [2.05, 4.69) is 0 Å². The lowest BCUT2D eigenvalue weighted by atomic mass is 9.90. The van der Waals surface area contributed by atoms with Gasteiger partial charge in [0.1, 0.15) is 22.1 Å². The largest absolute Gasteiger partial charge is 0.491 e. The Morgan fingerprint density at radius 3 is 2.43 bits per heavy atom. The quantitative estimate of drug-likeness (QED) is 0.260. The molecule has 0 atom stereocenters. The van der Waals surface area contributed by atoms with Crippen molar-refractivity contribution in [1.82, 2.24) is 0 Å². The number of carbonyl (C=O) groups excluding carboxylic acids is 3. The van der Waals surface area contributed by atoms with Crippen molar-refractivity contribution in [3.63, 3.8) is 0 Å². The highest BCUT2D eigenvalue weighted by molar-refractivity contribution is 7.90. The number of halogens is 1. The molecule has 0 N–H and O–H groups in total. The van der Waals surface area contributed by atoms with Crippen LogP contribution in [0, 0.1) is 0 Å². The number of allylic oxidation sites excluding steroid dienone is 2. The molecule has 11 heteroatoms. The second kappa shape index (κ2) is 11.6. The number of ketones is 2. The first-order chi connectivity index (χ1) is 17.7. The molecule has 0 radical (unpaired) electrons. The highest BCUT2D eigenvalue weighted by Gasteiger charge is 2.33. The van der Waals surface area contributed by atoms with Crippen molar-refractivity contribution < 1.29 is 41.7 Å². The first kappa shape index (κ1) is 27.0. The Morgan fingerprint density at radius 2 is 1.76 bits per heavy atom. The SMILES string of the molecule is CS(=O)(=O)c1ccc(C(=O)C2=C(OC(=O)c3ccccc3)CCCC2=O)c(OCCC2OCCO2)c1Cl. The lowest BCUT2D eigenvalue weighted by molar-refractivity contribution is -0.116. The maximum absolute atomic E-state index is 13.7. The van der Waals surface area contributed by atoms with Crippen molar-refractivity contribution in [1.29, 1.82) is 0 Å². The van der Waals surface area contributed by atoms with E-state index in [1.54, 1.807) is 30.3 Å². The van der Waals surface area contributed by atoms with Crippen LogP contribution in [0.5, 0.6) is 5.75 Å². The zero-order valence-electron chi connectivity index (χ0n) is 20.0. The summed E-state index contributed by atoms with van der Waals surface area (Å²) in [7, 11) is -3.75. The topological polar surface area (TPSA) is 122 Å². The summed E-state index contributed by atoms with van der Waals surface area (Å²) in [6, 6.07) is 10.6. The van der Waals surface area contributed by atoms with Gasteiger partial charge in [-0.15, -0.1) is 0 Å². The molecule has 0 aromatic heterocycles. The number of benzene rings is 2. The highest BCUT2D eigenvalue weighted by Crippen LogP contribution is 2.38. The Labute approximate surface area is 219 Å². The Morgan fingerprint density at radius 1 is 1.05 bits per heavy atom. The van der Waals surface area contributed by atoms with E-state index in [0.717, 1.165) is 6.26 Å². The predicted molar refractivity (Wildman–Crippen MR) is 132 cm³/mol. The van der Waals surface area contributed by atoms with E-state index in [4.69, 9.17) is 30.5 Å². The number of ether oxygens (including phenoxy) is 4. The van der Waals surface area contributed by atoms with E-state index >= 15 is 0 Å². The Hall–Kier alpha value is -3.05. The first-order valence-electron chi connectivity index (χ1n) is 11.6. The van der Waals surface area contributed by atoms with Crippen LogP contribution in [0.15, 0.2) is 58.7 Å². The Balaban J connectivity index is 1.70. The number of rotatable bonds is 9. The third-order valence-corrected chi connectivity index (χ3v) is 7.44. The molecule has 0 spiro atoms. The molecule has 37 heavy (non-hydrogen) atoms. The summed E-state index contributed by atoms with van der Waals surface area (Å²) >= 11 is 6.41. The maximum Gasteiger partial charge on any atom is 0.343 e. The normalized spacial score (nSPS) is 16.6. The van der Waals surface area contributed by atoms with Crippen LogP contribution in [0.4, 0.5) is 0 Å². The summed E-state index contributed by atoms with van der Waals surface area (Å²) in [5.41, 5.74) is -0.143. The monoisotopic (exact) mass is 548 g/mol. The average Bonchev–Trinajstić information content (AvgIpc) is 3.38. The molecule has 196 valence electrons. The summed E-state index contributed by atoms with van der Waals surface area (Å²) in [5, 5.41) is -0.284. The van der Waals surface area contributed by atoms with Crippen molar-refractivity contribution in [3.8, 4) is 5.75 Å². The Kier molecular flexibility index (Phi) is 8.43. The number of hydrogen-bond donors (Lipinski definition) is 0. The van der Waals surface area contributed by atoms with Crippen LogP contribution in [0.3, 0.4) is 0 Å². The van der Waals surface area contributed by atoms with Gasteiger partial charge >= 0.3 is 5.97 Å². The smallest absolute Gasteiger partial charge is 0.343 e. The van der Waals surface area contributed by atoms with Gasteiger partial charge in [-0.2, -0.15) is 0 Å². The molecule has 2 aromatic carbocycles. The van der Waals surface area contributed by atoms with Gasteiger partial charge in [-0.05, 0) is 30.7 Å². The number of sulfone groups is 1. The molecular weight excluding hydrogens is 524 g/mol. The van der Waals surface area contributed by atoms with Gasteiger partial charge in [-0.1, -0.05) is 29.8 Å². The van der Waals surface area contributed by atoms with Gasteiger partial charge < -0.3 is 18.9 Å². The summed E-state index contributed by atoms with van der Waals surface area (Å²) in [6.07, 6.45) is 1.49. The standard InChI is InChI=1S/C26H25ClO9S/c1-37(31,32)20-11-10-17(25(23(20)27)35-13-12-21-33-14-15-34-21)24(29)22-18(28)8-5-9-19(22)36-26(30)16-6-3-2-4-7-16/h2-4,6-7,10-11,21H,5,8-9,12-15H2,1H3. The maximum atomic E-state index is 13.7. The van der Waals surface area contributed by atoms with Crippen molar-refractivity contribution in [3.05, 3.63) is 69.9 Å². The van der Waals surface area contributed by atoms with Crippen LogP contribution < -0.4 is 4.74 Å². The van der Waals surface area contributed by atoms with Crippen LogP contribution >= 0.6 is 11.6 Å². The zero-order valence-corrected chi connectivity index (χ0v) is 21.6. The molecule has 1 heterocycles. The highest BCUT2D eigenvalue weighted by atomic mass is 35.5. The fourth-order valence-corrected chi connectivity index (χ4v) is 5.40. The van der Waals surface area contributed by atoms with Gasteiger partial charge in [0.15, 0.2) is 21.9 Å². The van der Waals surface area contributed by atoms with E-state index < -0.39 is 33.7 Å². The van der Waals surface area contributed by atoms with E-state index in [0.29, 0.717) is 26.1 Å². The van der Waals surface area contributed by atoms with Crippen LogP contribution in [0.1, 0.15) is 46.4 Å². The number of esters is 1. The van der Waals surface area contributed by atoms with Gasteiger partial charge in [-0.3, -0.25) is 9.59 Å². The molecule has 0 bridgehead atoms. The zero-order chi connectivity index (χ0) is 26.6. The average molecular weight is 549 g/mol. The molecule has 2 aromatic rings. The molecule has 0 amide bonds. The minimum absolute atomic E-state index is 0.000720. The van der Waals surface area contributed by atoms with Gasteiger partial charge in [0.25, 0.3) is 0 Å². The minimum atomic E-state index is -3.75. The second-order valence-corrected chi connectivity index (χ2v) is 10.9. The van der Waals surface area contributed by atoms with E-state index in [9.17, 15) is 22.8 Å². The molecule has 0 unspecified atom stereocenters. The molecular formula is C26H25ClO9S. The molecule has 9 nitrogen and oxygen atoms in total. The Bertz CT molecular complexity index is 1340. The first-order valence-corrected chi connectivity index (χ1v) is 13.9. The van der Waals surface area contributed by atoms with Gasteiger partial charge in [-0.25, -0.2) is 13.2 Å². The predicted octanol–water partition coefficient (Wildman–Crippen LogP) is 3.93. The molecule has 1 fully saturated rings. The van der Waals surface area contributed by atoms with Crippen molar-refractivity contribution in [2.24, 2.45) is 0 Å². The van der Waals surface area contributed by atoms with Crippen molar-refractivity contribution in [2.75, 3.05) is 26.1 Å². The third-order valence-electron chi connectivity index (χ3n) is 5.81. The van der Waals surface area contributed by atoms with E-state index in [1.165, 1.54) is 12.1 Å². The van der Waals surface area contributed by atoms with E-state index in [1.807, 2.05) is 0 Å². The molecule has 2 aliphatic rings. The number of Topliss-reactive ketones (excluding diaryl/α,β-unsaturated/α-hetero) is 2. The van der Waals surface area contributed by atoms with Crippen molar-refractivity contribution >= 4 is 39.0 Å². The van der Waals surface area contributed by atoms with Gasteiger partial charge in [0.05, 0.1) is 35.8 Å². The fourth-order valence-electron chi connectivity index (χ4n) is 4.03. The summed E-state index contributed by atoms with van der Waals surface area (Å²) in [5.74, 6) is -2.20. The number of carbonyl (C=O) groups is 3. The summed E-state index contributed by atoms with van der Waals surface area (Å²) < 4.78 is 46.5. The minimum Gasteiger partial charge on any atom is -0.491 e. The van der Waals surface area contributed by atoms with Crippen LogP contribution in [0.2, 0.25) is 5.02 Å². The van der Waals surface area contributed by atoms with Gasteiger partial charge in [0.2, 0.25) is 5.78 Å². The molecule has 1 aliphatic carbocycles. The third kappa shape index (κ3) is 6.27.